The van der Waals surface area contributed by atoms with Gasteiger partial charge in [0.25, 0.3) is 5.91 Å². The first kappa shape index (κ1) is 14.4. The van der Waals surface area contributed by atoms with Crippen molar-refractivity contribution in [2.24, 2.45) is 5.84 Å². The predicted octanol–water partition coefficient (Wildman–Crippen LogP) is -0.672. The SMILES string of the molecule is CC1COC(CO)CN1Cc1csc(C(=O)NN)n1. The number of hydrogen-bond donors (Lipinski definition) is 3. The Morgan fingerprint density at radius 2 is 2.58 bits per heavy atom. The Balaban J connectivity index is 1.99. The van der Waals surface area contributed by atoms with Crippen molar-refractivity contribution in [1.82, 2.24) is 15.3 Å². The molecule has 1 fully saturated rings. The summed E-state index contributed by atoms with van der Waals surface area (Å²) in [6.45, 7) is 3.96. The lowest BCUT2D eigenvalue weighted by Gasteiger charge is -2.36. The molecule has 1 saturated heterocycles. The van der Waals surface area contributed by atoms with Crippen LogP contribution in [0.3, 0.4) is 0 Å². The first-order valence-electron chi connectivity index (χ1n) is 6.06. The number of aromatic nitrogens is 1. The van der Waals surface area contributed by atoms with Crippen molar-refractivity contribution in [3.05, 3.63) is 16.1 Å². The molecule has 0 radical (unpaired) electrons. The van der Waals surface area contributed by atoms with Crippen LogP contribution in [0.5, 0.6) is 0 Å². The van der Waals surface area contributed by atoms with Crippen LogP contribution in [0, 0.1) is 0 Å². The molecule has 4 N–H and O–H groups in total. The number of nitrogens with two attached hydrogens (primary N) is 1. The number of nitrogen functional groups attached to an aromatic ring is 1. The monoisotopic (exact) mass is 286 g/mol. The number of thiazole rings is 1. The molecule has 0 aromatic carbocycles. The van der Waals surface area contributed by atoms with E-state index in [2.05, 4.69) is 22.2 Å². The highest BCUT2D eigenvalue weighted by Crippen LogP contribution is 2.17. The summed E-state index contributed by atoms with van der Waals surface area (Å²) in [6.07, 6.45) is -0.151. The Morgan fingerprint density at radius 1 is 1.79 bits per heavy atom. The van der Waals surface area contributed by atoms with Crippen LogP contribution in [0.15, 0.2) is 5.38 Å². The summed E-state index contributed by atoms with van der Waals surface area (Å²) in [6, 6.07) is 0.260. The van der Waals surface area contributed by atoms with Crippen molar-refractivity contribution in [2.45, 2.75) is 25.6 Å². The van der Waals surface area contributed by atoms with Crippen molar-refractivity contribution in [3.63, 3.8) is 0 Å². The maximum absolute atomic E-state index is 11.3. The summed E-state index contributed by atoms with van der Waals surface area (Å²) in [4.78, 5) is 17.8. The molecule has 2 atom stereocenters. The normalized spacial score (nSPS) is 24.4. The van der Waals surface area contributed by atoms with Crippen LogP contribution in [-0.2, 0) is 11.3 Å². The Hall–Kier alpha value is -1.06. The molecule has 7 nitrogen and oxygen atoms in total. The van der Waals surface area contributed by atoms with Gasteiger partial charge < -0.3 is 9.84 Å². The van der Waals surface area contributed by atoms with E-state index in [1.807, 2.05) is 5.38 Å². The number of morpholine rings is 1. The minimum Gasteiger partial charge on any atom is -0.394 e. The largest absolute Gasteiger partial charge is 0.394 e. The van der Waals surface area contributed by atoms with Gasteiger partial charge in [-0.2, -0.15) is 0 Å². The lowest BCUT2D eigenvalue weighted by atomic mass is 10.2. The molecule has 1 amide bonds. The van der Waals surface area contributed by atoms with Gasteiger partial charge >= 0.3 is 0 Å². The van der Waals surface area contributed by atoms with Crippen molar-refractivity contribution in [2.75, 3.05) is 19.8 Å². The van der Waals surface area contributed by atoms with Crippen LogP contribution in [-0.4, -0.2) is 52.8 Å². The van der Waals surface area contributed by atoms with E-state index in [0.29, 0.717) is 24.7 Å². The van der Waals surface area contributed by atoms with Gasteiger partial charge in [0.2, 0.25) is 0 Å². The van der Waals surface area contributed by atoms with Gasteiger partial charge in [-0.1, -0.05) is 0 Å². The van der Waals surface area contributed by atoms with Crippen LogP contribution in [0.2, 0.25) is 0 Å². The minimum atomic E-state index is -0.375. The quantitative estimate of drug-likeness (QED) is 0.385. The molecule has 1 aliphatic heterocycles. The molecular weight excluding hydrogens is 268 g/mol. The highest BCUT2D eigenvalue weighted by Gasteiger charge is 2.26. The second kappa shape index (κ2) is 6.40. The number of carbonyl (C=O) groups excluding carboxylic acids is 1. The molecule has 1 aromatic rings. The lowest BCUT2D eigenvalue weighted by molar-refractivity contribution is -0.0808. The number of hydrogen-bond acceptors (Lipinski definition) is 7. The molecule has 8 heteroatoms. The van der Waals surface area contributed by atoms with E-state index < -0.39 is 0 Å². The summed E-state index contributed by atoms with van der Waals surface area (Å²) in [7, 11) is 0. The number of nitrogens with zero attached hydrogens (tertiary/aromatic N) is 2. The standard InChI is InChI=1S/C11H18N4O3S/c1-7-5-18-9(4-16)3-15(7)2-8-6-19-11(13-8)10(17)14-12/h6-7,9,16H,2-5,12H2,1H3,(H,14,17). The van der Waals surface area contributed by atoms with E-state index >= 15 is 0 Å². The second-order valence-electron chi connectivity index (χ2n) is 4.53. The number of amides is 1. The fourth-order valence-corrected chi connectivity index (χ4v) is 2.67. The number of ether oxygens (including phenoxy) is 1. The number of rotatable bonds is 4. The van der Waals surface area contributed by atoms with Crippen molar-refractivity contribution >= 4 is 17.2 Å². The van der Waals surface area contributed by atoms with Crippen LogP contribution in [0.1, 0.15) is 22.4 Å². The smallest absolute Gasteiger partial charge is 0.294 e. The Labute approximate surface area is 115 Å². The molecule has 2 unspecified atom stereocenters. The highest BCUT2D eigenvalue weighted by molar-refractivity contribution is 7.11. The van der Waals surface area contributed by atoms with Crippen LogP contribution in [0.4, 0.5) is 0 Å². The third kappa shape index (κ3) is 3.48. The number of hydrazine groups is 1. The van der Waals surface area contributed by atoms with Crippen molar-refractivity contribution in [3.8, 4) is 0 Å². The molecule has 0 aliphatic carbocycles. The Morgan fingerprint density at radius 3 is 3.26 bits per heavy atom. The van der Waals surface area contributed by atoms with Crippen molar-refractivity contribution in [1.29, 1.82) is 0 Å². The third-order valence-corrected chi connectivity index (χ3v) is 3.97. The molecule has 106 valence electrons. The topological polar surface area (TPSA) is 101 Å². The molecule has 0 spiro atoms. The van der Waals surface area contributed by atoms with E-state index in [9.17, 15) is 4.79 Å². The fraction of sp³-hybridized carbons (Fsp3) is 0.636. The van der Waals surface area contributed by atoms with Gasteiger partial charge in [0.05, 0.1) is 25.0 Å². The number of aliphatic hydroxyl groups is 1. The molecule has 19 heavy (non-hydrogen) atoms. The molecule has 1 aliphatic rings. The molecule has 1 aromatic heterocycles. The van der Waals surface area contributed by atoms with E-state index in [1.54, 1.807) is 0 Å². The molecule has 2 heterocycles. The number of nitrogens with one attached hydrogen (secondary N) is 1. The van der Waals surface area contributed by atoms with Gasteiger partial charge in [-0.3, -0.25) is 15.1 Å². The van der Waals surface area contributed by atoms with Gasteiger partial charge in [-0.25, -0.2) is 10.8 Å². The third-order valence-electron chi connectivity index (χ3n) is 3.08. The van der Waals surface area contributed by atoms with Gasteiger partial charge in [0.1, 0.15) is 0 Å². The summed E-state index contributed by atoms with van der Waals surface area (Å²) < 4.78 is 5.48. The number of aliphatic hydroxyl groups excluding tert-OH is 1. The molecular formula is C11H18N4O3S. The van der Waals surface area contributed by atoms with Gasteiger partial charge in [0, 0.05) is 24.5 Å². The lowest BCUT2D eigenvalue weighted by Crippen LogP contribution is -2.48. The zero-order chi connectivity index (χ0) is 13.8. The molecule has 0 bridgehead atoms. The van der Waals surface area contributed by atoms with Crippen LogP contribution >= 0.6 is 11.3 Å². The van der Waals surface area contributed by atoms with Gasteiger partial charge in [-0.05, 0) is 6.92 Å². The maximum Gasteiger partial charge on any atom is 0.294 e. The molecule has 0 saturated carbocycles. The van der Waals surface area contributed by atoms with Gasteiger partial charge in [-0.15, -0.1) is 11.3 Å². The van der Waals surface area contributed by atoms with Crippen molar-refractivity contribution < 1.29 is 14.6 Å². The van der Waals surface area contributed by atoms with E-state index in [1.165, 1.54) is 11.3 Å². The first-order valence-corrected chi connectivity index (χ1v) is 6.94. The molecule has 2 rings (SSSR count). The fourth-order valence-electron chi connectivity index (χ4n) is 1.96. The summed E-state index contributed by atoms with van der Waals surface area (Å²) in [5, 5.41) is 11.3. The zero-order valence-corrected chi connectivity index (χ0v) is 11.5. The zero-order valence-electron chi connectivity index (χ0n) is 10.7. The van der Waals surface area contributed by atoms with E-state index in [4.69, 9.17) is 15.7 Å². The average molecular weight is 286 g/mol. The maximum atomic E-state index is 11.3. The summed E-state index contributed by atoms with van der Waals surface area (Å²) in [5.74, 6) is 4.69. The Bertz CT molecular complexity index is 439. The van der Waals surface area contributed by atoms with Crippen LogP contribution < -0.4 is 11.3 Å². The summed E-state index contributed by atoms with van der Waals surface area (Å²) >= 11 is 1.27. The number of carbonyl (C=O) groups is 1. The average Bonchev–Trinajstić information content (AvgIpc) is 2.89. The van der Waals surface area contributed by atoms with Crippen LogP contribution in [0.25, 0.3) is 0 Å². The van der Waals surface area contributed by atoms with E-state index in [0.717, 1.165) is 5.69 Å². The first-order chi connectivity index (χ1) is 9.13. The van der Waals surface area contributed by atoms with E-state index in [-0.39, 0.29) is 24.7 Å². The Kier molecular flexibility index (Phi) is 4.83. The second-order valence-corrected chi connectivity index (χ2v) is 5.39. The highest BCUT2D eigenvalue weighted by atomic mass is 32.1. The minimum absolute atomic E-state index is 0.0150. The summed E-state index contributed by atoms with van der Waals surface area (Å²) in [5.41, 5.74) is 2.89. The predicted molar refractivity (Wildman–Crippen MR) is 70.5 cm³/mol. The van der Waals surface area contributed by atoms with Gasteiger partial charge in [0.15, 0.2) is 5.01 Å².